The van der Waals surface area contributed by atoms with Crippen LogP contribution in [-0.4, -0.2) is 29.2 Å². The first kappa shape index (κ1) is 15.5. The zero-order valence-electron chi connectivity index (χ0n) is 10.7. The Labute approximate surface area is 136 Å². The summed E-state index contributed by atoms with van der Waals surface area (Å²) in [6.45, 7) is 0. The number of ether oxygens (including phenoxy) is 1. The molecule has 1 amide bonds. The number of carbonyl (C=O) groups excluding carboxylic acids is 2. The number of nitrogens with one attached hydrogen (secondary N) is 2. The number of nitrogens with two attached hydrogens (primary N) is 1. The van der Waals surface area contributed by atoms with Gasteiger partial charge in [-0.2, -0.15) is 5.10 Å². The lowest BCUT2D eigenvalue weighted by atomic mass is 10.1. The molecule has 2 rings (SSSR count). The minimum atomic E-state index is -0.573. The van der Waals surface area contributed by atoms with Gasteiger partial charge in [0, 0.05) is 15.0 Å². The van der Waals surface area contributed by atoms with Gasteiger partial charge >= 0.3 is 5.97 Å². The zero-order valence-corrected chi connectivity index (χ0v) is 13.9. The van der Waals surface area contributed by atoms with Gasteiger partial charge in [0.05, 0.1) is 18.4 Å². The van der Waals surface area contributed by atoms with Crippen molar-refractivity contribution in [1.82, 2.24) is 10.2 Å². The number of benzene rings is 1. The Morgan fingerprint density at radius 2 is 2.05 bits per heavy atom. The molecule has 0 aliphatic carbocycles. The van der Waals surface area contributed by atoms with Crippen molar-refractivity contribution in [3.8, 4) is 0 Å². The van der Waals surface area contributed by atoms with Crippen molar-refractivity contribution in [1.29, 1.82) is 0 Å². The number of methoxy groups -OCH3 is 1. The second kappa shape index (κ2) is 6.27. The van der Waals surface area contributed by atoms with Crippen molar-refractivity contribution < 1.29 is 14.3 Å². The van der Waals surface area contributed by atoms with Gasteiger partial charge in [-0.1, -0.05) is 15.9 Å². The summed E-state index contributed by atoms with van der Waals surface area (Å²) in [5.41, 5.74) is 6.13. The Bertz CT molecular complexity index is 715. The number of carbonyl (C=O) groups is 2. The third-order valence-corrected chi connectivity index (χ3v) is 3.62. The number of anilines is 2. The molecule has 1 aromatic carbocycles. The molecular weight excluding hydrogens is 408 g/mol. The van der Waals surface area contributed by atoms with E-state index in [4.69, 9.17) is 10.5 Å². The van der Waals surface area contributed by atoms with E-state index in [-0.39, 0.29) is 17.1 Å². The van der Waals surface area contributed by atoms with Gasteiger partial charge in [0.15, 0.2) is 0 Å². The van der Waals surface area contributed by atoms with Gasteiger partial charge in [0.1, 0.15) is 11.5 Å². The number of nitrogen functional groups attached to an aromatic ring is 1. The predicted molar refractivity (Wildman–Crippen MR) is 84.1 cm³/mol. The van der Waals surface area contributed by atoms with Gasteiger partial charge < -0.3 is 15.8 Å². The van der Waals surface area contributed by atoms with E-state index in [1.54, 1.807) is 12.1 Å². The average Bonchev–Trinajstić information content (AvgIpc) is 2.87. The number of hydrogen-bond donors (Lipinski definition) is 3. The number of esters is 1. The third kappa shape index (κ3) is 3.42. The van der Waals surface area contributed by atoms with Crippen LogP contribution in [0.3, 0.4) is 0 Å². The molecule has 2 aromatic rings. The van der Waals surface area contributed by atoms with Crippen LogP contribution in [0.4, 0.5) is 11.5 Å². The molecule has 0 aliphatic rings. The van der Waals surface area contributed by atoms with Gasteiger partial charge in [0.25, 0.3) is 5.91 Å². The first-order valence-electron chi connectivity index (χ1n) is 5.62. The van der Waals surface area contributed by atoms with Gasteiger partial charge in [0.2, 0.25) is 0 Å². The van der Waals surface area contributed by atoms with Crippen LogP contribution in [0.1, 0.15) is 20.8 Å². The molecule has 4 N–H and O–H groups in total. The molecule has 0 aliphatic heterocycles. The van der Waals surface area contributed by atoms with Crippen molar-refractivity contribution in [2.45, 2.75) is 0 Å². The molecule has 0 radical (unpaired) electrons. The fourth-order valence-electron chi connectivity index (χ4n) is 1.61. The van der Waals surface area contributed by atoms with Crippen LogP contribution < -0.4 is 11.1 Å². The van der Waals surface area contributed by atoms with E-state index < -0.39 is 11.9 Å². The van der Waals surface area contributed by atoms with E-state index in [1.165, 1.54) is 13.2 Å². The molecule has 21 heavy (non-hydrogen) atoms. The maximum Gasteiger partial charge on any atom is 0.340 e. The van der Waals surface area contributed by atoms with E-state index in [0.29, 0.717) is 14.6 Å². The lowest BCUT2D eigenvalue weighted by molar-refractivity contribution is 0.0602. The predicted octanol–water partition coefficient (Wildman–Crippen LogP) is 2.56. The first-order chi connectivity index (χ1) is 9.92. The molecule has 0 bridgehead atoms. The van der Waals surface area contributed by atoms with E-state index in [9.17, 15) is 9.59 Å². The molecule has 1 heterocycles. The second-order valence-corrected chi connectivity index (χ2v) is 5.73. The third-order valence-electron chi connectivity index (χ3n) is 2.54. The maximum absolute atomic E-state index is 12.1. The lowest BCUT2D eigenvalue weighted by Gasteiger charge is -2.12. The van der Waals surface area contributed by atoms with Crippen LogP contribution in [0.5, 0.6) is 0 Å². The topological polar surface area (TPSA) is 110 Å². The van der Waals surface area contributed by atoms with Crippen LogP contribution in [0.2, 0.25) is 0 Å². The molecule has 0 saturated carbocycles. The van der Waals surface area contributed by atoms with Gasteiger partial charge in [-0.15, -0.1) is 0 Å². The van der Waals surface area contributed by atoms with Crippen LogP contribution in [0.15, 0.2) is 27.1 Å². The fraction of sp³-hybridized carbons (Fsp3) is 0.0833. The number of amides is 1. The first-order valence-corrected chi connectivity index (χ1v) is 7.20. The number of H-pyrrole nitrogens is 1. The van der Waals surface area contributed by atoms with E-state index >= 15 is 0 Å². The molecule has 0 fully saturated rings. The van der Waals surface area contributed by atoms with Gasteiger partial charge in [-0.3, -0.25) is 9.89 Å². The molecule has 0 spiro atoms. The molecule has 1 aromatic heterocycles. The number of halogens is 2. The SMILES string of the molecule is COC(=O)c1cc(Br)cc(Br)c1NC(=O)c1cc(N)n[nH]1. The van der Waals surface area contributed by atoms with Crippen LogP contribution in [0.25, 0.3) is 0 Å². The highest BCUT2D eigenvalue weighted by Crippen LogP contribution is 2.31. The normalized spacial score (nSPS) is 10.2. The quantitative estimate of drug-likeness (QED) is 0.664. The zero-order chi connectivity index (χ0) is 15.6. The summed E-state index contributed by atoms with van der Waals surface area (Å²) in [5, 5.41) is 8.78. The standard InChI is InChI=1S/C12H10Br2N4O3/c1-21-12(20)6-2-5(13)3-7(14)10(6)16-11(19)8-4-9(15)18-17-8/h2-4H,1H3,(H,16,19)(H3,15,17,18). The molecule has 0 saturated heterocycles. The van der Waals surface area contributed by atoms with Crippen LogP contribution >= 0.6 is 31.9 Å². The number of rotatable bonds is 3. The van der Waals surface area contributed by atoms with Crippen LogP contribution in [-0.2, 0) is 4.74 Å². The Balaban J connectivity index is 2.39. The number of hydrogen-bond acceptors (Lipinski definition) is 5. The molecule has 9 heteroatoms. The molecule has 7 nitrogen and oxygen atoms in total. The minimum Gasteiger partial charge on any atom is -0.465 e. The van der Waals surface area contributed by atoms with Crippen LogP contribution in [0, 0.1) is 0 Å². The summed E-state index contributed by atoms with van der Waals surface area (Å²) in [5.74, 6) is -0.855. The summed E-state index contributed by atoms with van der Waals surface area (Å²) >= 11 is 6.57. The van der Waals surface area contributed by atoms with Gasteiger partial charge in [-0.05, 0) is 28.1 Å². The minimum absolute atomic E-state index is 0.179. The van der Waals surface area contributed by atoms with E-state index in [2.05, 4.69) is 47.4 Å². The van der Waals surface area contributed by atoms with Crippen molar-refractivity contribution in [3.05, 3.63) is 38.4 Å². The monoisotopic (exact) mass is 416 g/mol. The smallest absolute Gasteiger partial charge is 0.340 e. The van der Waals surface area contributed by atoms with Crippen molar-refractivity contribution >= 4 is 55.2 Å². The van der Waals surface area contributed by atoms with Gasteiger partial charge in [-0.25, -0.2) is 4.79 Å². The lowest BCUT2D eigenvalue weighted by Crippen LogP contribution is -2.16. The highest BCUT2D eigenvalue weighted by atomic mass is 79.9. The second-order valence-electron chi connectivity index (χ2n) is 3.96. The fourth-order valence-corrected chi connectivity index (χ4v) is 2.93. The van der Waals surface area contributed by atoms with E-state index in [0.717, 1.165) is 0 Å². The largest absolute Gasteiger partial charge is 0.465 e. The maximum atomic E-state index is 12.1. The highest BCUT2D eigenvalue weighted by molar-refractivity contribution is 9.11. The summed E-state index contributed by atoms with van der Waals surface area (Å²) in [6.07, 6.45) is 0. The Morgan fingerprint density at radius 3 is 2.62 bits per heavy atom. The highest BCUT2D eigenvalue weighted by Gasteiger charge is 2.19. The Hall–Kier alpha value is -1.87. The van der Waals surface area contributed by atoms with Crippen molar-refractivity contribution in [2.75, 3.05) is 18.2 Å². The summed E-state index contributed by atoms with van der Waals surface area (Å²) < 4.78 is 5.90. The molecule has 0 atom stereocenters. The molecular formula is C12H10Br2N4O3. The summed E-state index contributed by atoms with van der Waals surface area (Å²) in [4.78, 5) is 23.9. The number of aromatic amines is 1. The Morgan fingerprint density at radius 1 is 1.33 bits per heavy atom. The Kier molecular flexibility index (Phi) is 4.63. The summed E-state index contributed by atoms with van der Waals surface area (Å²) in [6, 6.07) is 4.64. The molecule has 0 unspecified atom stereocenters. The molecule has 110 valence electrons. The number of aromatic nitrogens is 2. The average molecular weight is 418 g/mol. The van der Waals surface area contributed by atoms with Crippen molar-refractivity contribution in [3.63, 3.8) is 0 Å². The van der Waals surface area contributed by atoms with E-state index in [1.807, 2.05) is 0 Å². The van der Waals surface area contributed by atoms with Crippen molar-refractivity contribution in [2.24, 2.45) is 0 Å². The number of nitrogens with zero attached hydrogens (tertiary/aromatic N) is 1. The summed E-state index contributed by atoms with van der Waals surface area (Å²) in [7, 11) is 1.26.